The zero-order valence-corrected chi connectivity index (χ0v) is 19.2. The van der Waals surface area contributed by atoms with E-state index in [1.165, 1.54) is 11.5 Å². The van der Waals surface area contributed by atoms with Crippen LogP contribution in [-0.4, -0.2) is 47.2 Å². The molecule has 28 heavy (non-hydrogen) atoms. The Hall–Kier alpha value is -1.18. The summed E-state index contributed by atoms with van der Waals surface area (Å²) >= 11 is 4.99. The number of hydrogen-bond donors (Lipinski definition) is 1. The first-order valence-electron chi connectivity index (χ1n) is 9.32. The van der Waals surface area contributed by atoms with Crippen molar-refractivity contribution in [2.75, 3.05) is 32.8 Å². The van der Waals surface area contributed by atoms with Crippen LogP contribution in [0.3, 0.4) is 0 Å². The van der Waals surface area contributed by atoms with Gasteiger partial charge in [-0.2, -0.15) is 4.37 Å². The van der Waals surface area contributed by atoms with Gasteiger partial charge in [-0.3, -0.25) is 0 Å². The minimum Gasteiger partial charge on any atom is -0.494 e. The molecule has 0 atom stereocenters. The van der Waals surface area contributed by atoms with Crippen LogP contribution in [0.25, 0.3) is 21.3 Å². The molecule has 0 saturated heterocycles. The molecule has 0 fully saturated rings. The maximum absolute atomic E-state index is 9.02. The van der Waals surface area contributed by atoms with Gasteiger partial charge in [0.1, 0.15) is 5.75 Å². The third-order valence-corrected chi connectivity index (χ3v) is 5.90. The molecule has 4 nitrogen and oxygen atoms in total. The highest BCUT2D eigenvalue weighted by atomic mass is 79.9. The molecule has 2 aromatic carbocycles. The van der Waals surface area contributed by atoms with Crippen LogP contribution in [0.15, 0.2) is 46.9 Å². The summed E-state index contributed by atoms with van der Waals surface area (Å²) in [6, 6.07) is 14.5. The van der Waals surface area contributed by atoms with Gasteiger partial charge in [-0.25, -0.2) is 0 Å². The fraction of sp³-hybridized carbons (Fsp3) is 0.381. The highest BCUT2D eigenvalue weighted by molar-refractivity contribution is 9.10. The number of likely N-dealkylation sites (N-methyl/N-ethyl adjacent to an activating group) is 1. The van der Waals surface area contributed by atoms with E-state index >= 15 is 0 Å². The van der Waals surface area contributed by atoms with Crippen molar-refractivity contribution in [3.63, 3.8) is 0 Å². The number of aliphatic hydroxyl groups excluding tert-OH is 1. The van der Waals surface area contributed by atoms with Crippen LogP contribution in [0.2, 0.25) is 0 Å². The van der Waals surface area contributed by atoms with E-state index in [0.29, 0.717) is 6.61 Å². The highest BCUT2D eigenvalue weighted by Gasteiger charge is 2.09. The van der Waals surface area contributed by atoms with Gasteiger partial charge < -0.3 is 14.7 Å². The zero-order chi connectivity index (χ0) is 19.1. The number of ether oxygens (including phenoxy) is 1. The minimum absolute atomic E-state index is 0. The number of benzene rings is 2. The summed E-state index contributed by atoms with van der Waals surface area (Å²) in [6.07, 6.45) is 2.08. The monoisotopic (exact) mass is 484 g/mol. The molecule has 0 amide bonds. The third-order valence-electron chi connectivity index (χ3n) is 4.56. The average molecular weight is 486 g/mol. The second-order valence-corrected chi connectivity index (χ2v) is 8.13. The Bertz CT molecular complexity index is 857. The molecule has 0 unspecified atom stereocenters. The Morgan fingerprint density at radius 1 is 1.11 bits per heavy atom. The first-order chi connectivity index (χ1) is 13.2. The minimum atomic E-state index is 0. The van der Waals surface area contributed by atoms with Gasteiger partial charge in [-0.1, -0.05) is 35.0 Å². The Balaban J connectivity index is 0.00000280. The normalized spacial score (nSPS) is 11.0. The number of aromatic nitrogens is 1. The van der Waals surface area contributed by atoms with E-state index in [1.54, 1.807) is 0 Å². The van der Waals surface area contributed by atoms with Gasteiger partial charge >= 0.3 is 0 Å². The summed E-state index contributed by atoms with van der Waals surface area (Å²) in [5, 5.41) is 10.2. The summed E-state index contributed by atoms with van der Waals surface area (Å²) in [5.41, 5.74) is 2.15. The van der Waals surface area contributed by atoms with Crippen molar-refractivity contribution in [2.45, 2.75) is 19.8 Å². The van der Waals surface area contributed by atoms with Gasteiger partial charge in [0.05, 0.1) is 23.6 Å². The maximum atomic E-state index is 9.02. The molecule has 3 aromatic rings. The largest absolute Gasteiger partial charge is 0.494 e. The topological polar surface area (TPSA) is 45.6 Å². The SMILES string of the molecule is CCN(CCO)CCCCOc1ccc2c(-c3ccc(Br)cc3)nsc2c1.Cl. The lowest BCUT2D eigenvalue weighted by Gasteiger charge is -2.18. The van der Waals surface area contributed by atoms with E-state index in [4.69, 9.17) is 9.84 Å². The molecule has 7 heteroatoms. The lowest BCUT2D eigenvalue weighted by Crippen LogP contribution is -2.27. The molecular weight excluding hydrogens is 460 g/mol. The quantitative estimate of drug-likeness (QED) is 0.379. The Morgan fingerprint density at radius 3 is 2.61 bits per heavy atom. The van der Waals surface area contributed by atoms with E-state index in [-0.39, 0.29) is 19.0 Å². The highest BCUT2D eigenvalue weighted by Crippen LogP contribution is 2.33. The van der Waals surface area contributed by atoms with Crippen molar-refractivity contribution < 1.29 is 9.84 Å². The molecule has 0 aliphatic rings. The molecule has 0 aliphatic carbocycles. The van der Waals surface area contributed by atoms with Crippen molar-refractivity contribution in [1.82, 2.24) is 9.27 Å². The number of unbranched alkanes of at least 4 members (excludes halogenated alkanes) is 1. The molecule has 0 bridgehead atoms. The Labute approximate surface area is 185 Å². The van der Waals surface area contributed by atoms with Crippen LogP contribution >= 0.6 is 39.9 Å². The smallest absolute Gasteiger partial charge is 0.120 e. The number of rotatable bonds is 10. The van der Waals surface area contributed by atoms with E-state index in [9.17, 15) is 0 Å². The van der Waals surface area contributed by atoms with Crippen LogP contribution in [0.1, 0.15) is 19.8 Å². The maximum Gasteiger partial charge on any atom is 0.120 e. The van der Waals surface area contributed by atoms with E-state index < -0.39 is 0 Å². The molecule has 0 spiro atoms. The van der Waals surface area contributed by atoms with Crippen LogP contribution in [0.5, 0.6) is 5.75 Å². The number of aliphatic hydroxyl groups is 1. The molecule has 3 rings (SSSR count). The van der Waals surface area contributed by atoms with E-state index in [0.717, 1.165) is 64.0 Å². The summed E-state index contributed by atoms with van der Waals surface area (Å²) in [5.74, 6) is 0.899. The zero-order valence-electron chi connectivity index (χ0n) is 15.9. The van der Waals surface area contributed by atoms with E-state index in [1.807, 2.05) is 18.2 Å². The predicted molar refractivity (Wildman–Crippen MR) is 124 cm³/mol. The van der Waals surface area contributed by atoms with Gasteiger partial charge in [0, 0.05) is 22.0 Å². The van der Waals surface area contributed by atoms with Gasteiger partial charge in [0.15, 0.2) is 0 Å². The van der Waals surface area contributed by atoms with Crippen molar-refractivity contribution in [1.29, 1.82) is 0 Å². The first-order valence-corrected chi connectivity index (χ1v) is 10.9. The molecule has 152 valence electrons. The summed E-state index contributed by atoms with van der Waals surface area (Å²) < 4.78 is 12.8. The van der Waals surface area contributed by atoms with Gasteiger partial charge in [-0.15, -0.1) is 12.4 Å². The molecule has 1 aromatic heterocycles. The third kappa shape index (κ3) is 6.16. The molecular formula is C21H26BrClN2O2S. The van der Waals surface area contributed by atoms with Gasteiger partial charge in [0.25, 0.3) is 0 Å². The number of nitrogens with zero attached hydrogens (tertiary/aromatic N) is 2. The summed E-state index contributed by atoms with van der Waals surface area (Å²) in [4.78, 5) is 2.26. The average Bonchev–Trinajstić information content (AvgIpc) is 3.10. The molecule has 1 N–H and O–H groups in total. The van der Waals surface area contributed by atoms with Crippen LogP contribution < -0.4 is 4.74 Å². The second-order valence-electron chi connectivity index (χ2n) is 6.41. The van der Waals surface area contributed by atoms with E-state index in [2.05, 4.69) is 56.4 Å². The summed E-state index contributed by atoms with van der Waals surface area (Å²) in [6.45, 7) is 5.79. The van der Waals surface area contributed by atoms with Gasteiger partial charge in [-0.05, 0) is 67.8 Å². The van der Waals surface area contributed by atoms with Crippen LogP contribution in [0, 0.1) is 0 Å². The molecule has 0 aliphatic heterocycles. The lowest BCUT2D eigenvalue weighted by molar-refractivity contribution is 0.195. The summed E-state index contributed by atoms with van der Waals surface area (Å²) in [7, 11) is 0. The van der Waals surface area contributed by atoms with Crippen LogP contribution in [0.4, 0.5) is 0 Å². The van der Waals surface area contributed by atoms with Crippen LogP contribution in [-0.2, 0) is 0 Å². The number of fused-ring (bicyclic) bond motifs is 1. The Kier molecular flexibility index (Phi) is 9.68. The van der Waals surface area contributed by atoms with Crippen molar-refractivity contribution in [3.05, 3.63) is 46.9 Å². The molecule has 0 radical (unpaired) electrons. The standard InChI is InChI=1S/C21H25BrN2O2S.ClH/c1-2-24(12-13-25)11-3-4-14-26-18-9-10-19-20(15-18)27-23-21(19)16-5-7-17(22)8-6-16;/h5-10,15,25H,2-4,11-14H2,1H3;1H. The fourth-order valence-corrected chi connectivity index (χ4v) is 4.11. The van der Waals surface area contributed by atoms with Gasteiger partial charge in [0.2, 0.25) is 0 Å². The van der Waals surface area contributed by atoms with Crippen molar-refractivity contribution in [2.24, 2.45) is 0 Å². The fourth-order valence-electron chi connectivity index (χ4n) is 3.02. The number of halogens is 2. The van der Waals surface area contributed by atoms with Crippen molar-refractivity contribution >= 4 is 50.0 Å². The second kappa shape index (κ2) is 11.7. The number of hydrogen-bond acceptors (Lipinski definition) is 5. The lowest BCUT2D eigenvalue weighted by atomic mass is 10.1. The Morgan fingerprint density at radius 2 is 1.89 bits per heavy atom. The molecule has 1 heterocycles. The first kappa shape index (κ1) is 23.1. The van der Waals surface area contributed by atoms with Crippen molar-refractivity contribution in [3.8, 4) is 17.0 Å². The predicted octanol–water partition coefficient (Wildman–Crippen LogP) is 5.62. The molecule has 0 saturated carbocycles.